The second kappa shape index (κ2) is 2.31. The third-order valence-electron chi connectivity index (χ3n) is 1.70. The van der Waals surface area contributed by atoms with Gasteiger partial charge < -0.3 is 0 Å². The lowest BCUT2D eigenvalue weighted by Gasteiger charge is -2.22. The molecule has 0 atom stereocenters. The average Bonchev–Trinajstić information content (AvgIpc) is 2.28. The van der Waals surface area contributed by atoms with E-state index in [0.29, 0.717) is 0 Å². The lowest BCUT2D eigenvalue weighted by Crippen LogP contribution is -2.30. The van der Waals surface area contributed by atoms with Crippen LogP contribution < -0.4 is 0 Å². The topological polar surface area (TPSA) is 6.48 Å². The summed E-state index contributed by atoms with van der Waals surface area (Å²) in [5, 5.41) is 4.36. The summed E-state index contributed by atoms with van der Waals surface area (Å²) in [6, 6.07) is 0. The Kier molecular flexibility index (Phi) is 1.32. The molecular formula is C8H10N2. The molecule has 0 fully saturated rings. The van der Waals surface area contributed by atoms with Crippen molar-refractivity contribution in [1.29, 1.82) is 0 Å². The first-order valence-corrected chi connectivity index (χ1v) is 3.50. The van der Waals surface area contributed by atoms with Gasteiger partial charge in [0.2, 0.25) is 0 Å². The van der Waals surface area contributed by atoms with Crippen molar-refractivity contribution in [2.45, 2.75) is 0 Å². The maximum Gasteiger partial charge on any atom is 0.0386 e. The zero-order chi connectivity index (χ0) is 6.81. The fourth-order valence-electron chi connectivity index (χ4n) is 1.18. The second-order valence-corrected chi connectivity index (χ2v) is 2.41. The molecule has 0 saturated carbocycles. The largest absolute Gasteiger partial charge is 0.289 e. The summed E-state index contributed by atoms with van der Waals surface area (Å²) in [5.74, 6) is 0. The van der Waals surface area contributed by atoms with Crippen LogP contribution in [0.3, 0.4) is 0 Å². The SMILES string of the molecule is C1=CCN2CC=CN2C=C1. The molecule has 2 heteroatoms. The van der Waals surface area contributed by atoms with E-state index in [1.807, 2.05) is 0 Å². The molecule has 2 nitrogen and oxygen atoms in total. The molecule has 0 spiro atoms. The molecule has 52 valence electrons. The first-order valence-electron chi connectivity index (χ1n) is 3.50. The van der Waals surface area contributed by atoms with Gasteiger partial charge in [-0.25, -0.2) is 5.01 Å². The Labute approximate surface area is 60.7 Å². The van der Waals surface area contributed by atoms with Crippen molar-refractivity contribution in [1.82, 2.24) is 10.0 Å². The zero-order valence-corrected chi connectivity index (χ0v) is 5.77. The molecular weight excluding hydrogens is 124 g/mol. The van der Waals surface area contributed by atoms with Crippen LogP contribution in [0.15, 0.2) is 36.7 Å². The smallest absolute Gasteiger partial charge is 0.0386 e. The summed E-state index contributed by atoms with van der Waals surface area (Å²) >= 11 is 0. The van der Waals surface area contributed by atoms with Crippen LogP contribution in [-0.2, 0) is 0 Å². The molecule has 2 aliphatic rings. The highest BCUT2D eigenvalue weighted by atomic mass is 15.6. The molecule has 0 aromatic carbocycles. The van der Waals surface area contributed by atoms with Crippen molar-refractivity contribution < 1.29 is 0 Å². The molecule has 0 radical (unpaired) electrons. The van der Waals surface area contributed by atoms with Gasteiger partial charge in [0.15, 0.2) is 0 Å². The normalized spacial score (nSPS) is 23.4. The molecule has 10 heavy (non-hydrogen) atoms. The van der Waals surface area contributed by atoms with Crippen LogP contribution >= 0.6 is 0 Å². The zero-order valence-electron chi connectivity index (χ0n) is 5.77. The molecule has 2 aliphatic heterocycles. The molecule has 2 heterocycles. The standard InChI is InChI=1S/C8H10N2/c1-2-5-9-7-4-8-10(9)6-3-1/h1-5,7H,6,8H2. The number of hydrogen-bond donors (Lipinski definition) is 0. The van der Waals surface area contributed by atoms with Gasteiger partial charge in [-0.15, -0.1) is 0 Å². The molecule has 2 rings (SSSR count). The Morgan fingerprint density at radius 2 is 1.80 bits per heavy atom. The highest BCUT2D eigenvalue weighted by Gasteiger charge is 2.11. The van der Waals surface area contributed by atoms with Crippen molar-refractivity contribution in [2.24, 2.45) is 0 Å². The molecule has 0 unspecified atom stereocenters. The van der Waals surface area contributed by atoms with Gasteiger partial charge in [0.05, 0.1) is 0 Å². The van der Waals surface area contributed by atoms with Crippen molar-refractivity contribution >= 4 is 0 Å². The number of fused-ring (bicyclic) bond motifs is 1. The number of hydrogen-bond acceptors (Lipinski definition) is 2. The van der Waals surface area contributed by atoms with Gasteiger partial charge in [-0.1, -0.05) is 18.2 Å². The quantitative estimate of drug-likeness (QED) is 0.489. The van der Waals surface area contributed by atoms with E-state index < -0.39 is 0 Å². The van der Waals surface area contributed by atoms with E-state index in [1.165, 1.54) is 0 Å². The third kappa shape index (κ3) is 0.866. The minimum Gasteiger partial charge on any atom is -0.289 e. The molecule has 0 aromatic heterocycles. The molecule has 0 amide bonds. The van der Waals surface area contributed by atoms with Crippen LogP contribution in [0.1, 0.15) is 0 Å². The van der Waals surface area contributed by atoms with Crippen LogP contribution in [0.2, 0.25) is 0 Å². The lowest BCUT2D eigenvalue weighted by molar-refractivity contribution is 0.122. The molecule has 0 N–H and O–H groups in total. The summed E-state index contributed by atoms with van der Waals surface area (Å²) in [6.07, 6.45) is 12.6. The van der Waals surface area contributed by atoms with E-state index in [2.05, 4.69) is 46.7 Å². The minimum atomic E-state index is 1.01. The highest BCUT2D eigenvalue weighted by Crippen LogP contribution is 2.09. The number of allylic oxidation sites excluding steroid dienone is 2. The molecule has 0 bridgehead atoms. The van der Waals surface area contributed by atoms with Crippen LogP contribution in [0.25, 0.3) is 0 Å². The van der Waals surface area contributed by atoms with E-state index in [1.54, 1.807) is 0 Å². The van der Waals surface area contributed by atoms with Crippen molar-refractivity contribution in [3.05, 3.63) is 36.7 Å². The number of hydrazine groups is 1. The van der Waals surface area contributed by atoms with Crippen LogP contribution in [0.5, 0.6) is 0 Å². The Hall–Kier alpha value is -1.02. The van der Waals surface area contributed by atoms with Crippen molar-refractivity contribution in [3.8, 4) is 0 Å². The second-order valence-electron chi connectivity index (χ2n) is 2.41. The number of rotatable bonds is 0. The van der Waals surface area contributed by atoms with Crippen LogP contribution in [-0.4, -0.2) is 23.1 Å². The summed E-state index contributed by atoms with van der Waals surface area (Å²) in [7, 11) is 0. The Balaban J connectivity index is 2.18. The summed E-state index contributed by atoms with van der Waals surface area (Å²) in [5.41, 5.74) is 0. The van der Waals surface area contributed by atoms with Crippen LogP contribution in [0, 0.1) is 0 Å². The third-order valence-corrected chi connectivity index (χ3v) is 1.70. The molecule has 0 aromatic rings. The summed E-state index contributed by atoms with van der Waals surface area (Å²) < 4.78 is 0. The van der Waals surface area contributed by atoms with Crippen molar-refractivity contribution in [2.75, 3.05) is 13.1 Å². The van der Waals surface area contributed by atoms with Gasteiger partial charge in [0.25, 0.3) is 0 Å². The first-order chi connectivity index (χ1) is 4.97. The van der Waals surface area contributed by atoms with E-state index in [0.717, 1.165) is 13.1 Å². The number of nitrogens with zero attached hydrogens (tertiary/aromatic N) is 2. The molecule has 0 aliphatic carbocycles. The first kappa shape index (κ1) is 5.74. The van der Waals surface area contributed by atoms with Gasteiger partial charge >= 0.3 is 0 Å². The lowest BCUT2D eigenvalue weighted by atomic mass is 10.4. The summed E-state index contributed by atoms with van der Waals surface area (Å²) in [6.45, 7) is 2.05. The van der Waals surface area contributed by atoms with Crippen molar-refractivity contribution in [3.63, 3.8) is 0 Å². The predicted molar refractivity (Wildman–Crippen MR) is 40.8 cm³/mol. The van der Waals surface area contributed by atoms with E-state index in [9.17, 15) is 0 Å². The summed E-state index contributed by atoms with van der Waals surface area (Å²) in [4.78, 5) is 0. The highest BCUT2D eigenvalue weighted by molar-refractivity contribution is 5.10. The van der Waals surface area contributed by atoms with Gasteiger partial charge in [0, 0.05) is 25.5 Å². The Morgan fingerprint density at radius 3 is 2.80 bits per heavy atom. The predicted octanol–water partition coefficient (Wildman–Crippen LogP) is 1.12. The van der Waals surface area contributed by atoms with Gasteiger partial charge in [0.1, 0.15) is 0 Å². The van der Waals surface area contributed by atoms with Gasteiger partial charge in [-0.3, -0.25) is 5.01 Å². The van der Waals surface area contributed by atoms with Crippen LogP contribution in [0.4, 0.5) is 0 Å². The van der Waals surface area contributed by atoms with E-state index >= 15 is 0 Å². The van der Waals surface area contributed by atoms with Gasteiger partial charge in [-0.2, -0.15) is 0 Å². The maximum atomic E-state index is 2.25. The fourth-order valence-corrected chi connectivity index (χ4v) is 1.18. The monoisotopic (exact) mass is 134 g/mol. The Bertz CT molecular complexity index is 203. The Morgan fingerprint density at radius 1 is 0.900 bits per heavy atom. The molecule has 0 saturated heterocycles. The van der Waals surface area contributed by atoms with E-state index in [-0.39, 0.29) is 0 Å². The van der Waals surface area contributed by atoms with E-state index in [4.69, 9.17) is 0 Å². The average molecular weight is 134 g/mol. The van der Waals surface area contributed by atoms with Gasteiger partial charge in [-0.05, 0) is 6.08 Å². The minimum absolute atomic E-state index is 1.01. The maximum absolute atomic E-state index is 2.25. The fraction of sp³-hybridized carbons (Fsp3) is 0.250.